The second-order valence-electron chi connectivity index (χ2n) is 9.80. The van der Waals surface area contributed by atoms with Gasteiger partial charge in [-0.1, -0.05) is 6.07 Å². The molecular formula is C25H29N7O2. The number of likely N-dealkylation sites (tertiary alicyclic amines) is 1. The summed E-state index contributed by atoms with van der Waals surface area (Å²) >= 11 is 0. The van der Waals surface area contributed by atoms with Crippen molar-refractivity contribution in [2.24, 2.45) is 18.9 Å². The Morgan fingerprint density at radius 3 is 2.76 bits per heavy atom. The van der Waals surface area contributed by atoms with Crippen LogP contribution in [0, 0.1) is 23.2 Å². The summed E-state index contributed by atoms with van der Waals surface area (Å²) in [5.41, 5.74) is 3.09. The molecule has 3 fully saturated rings. The summed E-state index contributed by atoms with van der Waals surface area (Å²) in [5.74, 6) is 1.93. The molecule has 1 unspecified atom stereocenters. The third-order valence-corrected chi connectivity index (χ3v) is 7.34. The van der Waals surface area contributed by atoms with Gasteiger partial charge >= 0.3 is 0 Å². The van der Waals surface area contributed by atoms with Crippen molar-refractivity contribution in [3.8, 4) is 17.3 Å². The van der Waals surface area contributed by atoms with Gasteiger partial charge in [0.1, 0.15) is 6.07 Å². The Morgan fingerprint density at radius 1 is 1.15 bits per heavy atom. The first-order valence-electron chi connectivity index (χ1n) is 12.0. The van der Waals surface area contributed by atoms with Crippen molar-refractivity contribution < 1.29 is 9.47 Å². The van der Waals surface area contributed by atoms with Gasteiger partial charge in [-0.2, -0.15) is 10.4 Å². The Bertz CT molecular complexity index is 1220. The van der Waals surface area contributed by atoms with Gasteiger partial charge in [-0.25, -0.2) is 0 Å². The van der Waals surface area contributed by atoms with Crippen LogP contribution < -0.4 is 5.32 Å². The lowest BCUT2D eigenvalue weighted by atomic mass is 10.0. The van der Waals surface area contributed by atoms with Crippen molar-refractivity contribution in [1.29, 1.82) is 5.26 Å². The van der Waals surface area contributed by atoms with E-state index in [4.69, 9.17) is 9.47 Å². The average molecular weight is 460 g/mol. The highest BCUT2D eigenvalue weighted by molar-refractivity contribution is 5.83. The SMILES string of the molecule is Cn1cc2cc(-c3cc(C#N)c(NC4C[C@@H]5CN(C[C@H]6COCCO6)C[C@@H]5C4)nn3)ccc2n1. The molecule has 2 aliphatic heterocycles. The monoisotopic (exact) mass is 459 g/mol. The van der Waals surface area contributed by atoms with Gasteiger partial charge in [0.05, 0.1) is 42.7 Å². The summed E-state index contributed by atoms with van der Waals surface area (Å²) in [6.07, 6.45) is 4.36. The van der Waals surface area contributed by atoms with E-state index in [9.17, 15) is 5.26 Å². The lowest BCUT2D eigenvalue weighted by Crippen LogP contribution is -2.39. The highest BCUT2D eigenvalue weighted by Crippen LogP contribution is 2.39. The Hall–Kier alpha value is -3.06. The van der Waals surface area contributed by atoms with Gasteiger partial charge in [0.25, 0.3) is 0 Å². The van der Waals surface area contributed by atoms with Crippen molar-refractivity contribution >= 4 is 16.7 Å². The number of nitrogens with one attached hydrogen (secondary N) is 1. The van der Waals surface area contributed by atoms with E-state index < -0.39 is 0 Å². The zero-order chi connectivity index (χ0) is 23.1. The molecule has 0 amide bonds. The van der Waals surface area contributed by atoms with Crippen molar-refractivity contribution in [2.75, 3.05) is 44.8 Å². The Labute approximate surface area is 198 Å². The number of aromatic nitrogens is 4. The molecule has 1 saturated carbocycles. The number of aryl methyl sites for hydroxylation is 1. The van der Waals surface area contributed by atoms with Crippen LogP contribution in [0.2, 0.25) is 0 Å². The molecular weight excluding hydrogens is 430 g/mol. The summed E-state index contributed by atoms with van der Waals surface area (Å²) in [7, 11) is 1.91. The van der Waals surface area contributed by atoms with Crippen molar-refractivity contribution in [3.05, 3.63) is 36.0 Å². The summed E-state index contributed by atoms with van der Waals surface area (Å²) in [4.78, 5) is 2.53. The van der Waals surface area contributed by atoms with Gasteiger partial charge in [0.2, 0.25) is 0 Å². The van der Waals surface area contributed by atoms with Crippen LogP contribution in [0.4, 0.5) is 5.82 Å². The number of hydrogen-bond acceptors (Lipinski definition) is 8. The number of ether oxygens (including phenoxy) is 2. The number of hydrogen-bond donors (Lipinski definition) is 1. The first kappa shape index (κ1) is 21.5. The van der Waals surface area contributed by atoms with Gasteiger partial charge in [-0.15, -0.1) is 10.2 Å². The highest BCUT2D eigenvalue weighted by atomic mass is 16.6. The minimum absolute atomic E-state index is 0.201. The Morgan fingerprint density at radius 2 is 2.00 bits per heavy atom. The quantitative estimate of drug-likeness (QED) is 0.621. The second kappa shape index (κ2) is 8.95. The highest BCUT2D eigenvalue weighted by Gasteiger charge is 2.41. The molecule has 2 aromatic heterocycles. The van der Waals surface area contributed by atoms with Crippen LogP contribution in [0.1, 0.15) is 18.4 Å². The van der Waals surface area contributed by atoms with E-state index in [0.717, 1.165) is 48.9 Å². The van der Waals surface area contributed by atoms with Crippen molar-refractivity contribution in [2.45, 2.75) is 25.0 Å². The molecule has 3 aliphatic rings. The van der Waals surface area contributed by atoms with Gasteiger partial charge in [0, 0.05) is 49.9 Å². The number of nitriles is 1. The van der Waals surface area contributed by atoms with E-state index in [1.807, 2.05) is 37.5 Å². The largest absolute Gasteiger partial charge is 0.376 e. The zero-order valence-corrected chi connectivity index (χ0v) is 19.4. The molecule has 6 rings (SSSR count). The van der Waals surface area contributed by atoms with Crippen LogP contribution in [0.5, 0.6) is 0 Å². The van der Waals surface area contributed by atoms with E-state index in [1.54, 1.807) is 4.68 Å². The van der Waals surface area contributed by atoms with E-state index in [0.29, 0.717) is 54.8 Å². The lowest BCUT2D eigenvalue weighted by molar-refractivity contribution is -0.0964. The predicted molar refractivity (Wildman–Crippen MR) is 127 cm³/mol. The van der Waals surface area contributed by atoms with Crippen molar-refractivity contribution in [1.82, 2.24) is 24.9 Å². The molecule has 2 saturated heterocycles. The number of anilines is 1. The van der Waals surface area contributed by atoms with Crippen LogP contribution in [-0.4, -0.2) is 76.5 Å². The smallest absolute Gasteiger partial charge is 0.166 e. The predicted octanol–water partition coefficient (Wildman–Crippen LogP) is 2.44. The minimum Gasteiger partial charge on any atom is -0.376 e. The topological polar surface area (TPSA) is 101 Å². The van der Waals surface area contributed by atoms with Crippen molar-refractivity contribution in [3.63, 3.8) is 0 Å². The Kier molecular flexibility index (Phi) is 5.65. The maximum absolute atomic E-state index is 9.79. The van der Waals surface area contributed by atoms with Gasteiger partial charge in [-0.3, -0.25) is 4.68 Å². The molecule has 0 bridgehead atoms. The Balaban J connectivity index is 1.10. The van der Waals surface area contributed by atoms with Gasteiger partial charge in [-0.05, 0) is 42.9 Å². The van der Waals surface area contributed by atoms with Crippen LogP contribution >= 0.6 is 0 Å². The maximum Gasteiger partial charge on any atom is 0.166 e. The lowest BCUT2D eigenvalue weighted by Gasteiger charge is -2.28. The molecule has 3 aromatic rings. The fourth-order valence-electron chi connectivity index (χ4n) is 5.82. The normalized spacial score (nSPS) is 27.1. The zero-order valence-electron chi connectivity index (χ0n) is 19.4. The first-order valence-corrected chi connectivity index (χ1v) is 12.0. The molecule has 4 heterocycles. The third kappa shape index (κ3) is 4.25. The fourth-order valence-corrected chi connectivity index (χ4v) is 5.82. The molecule has 1 N–H and O–H groups in total. The van der Waals surface area contributed by atoms with Gasteiger partial charge in [0.15, 0.2) is 5.82 Å². The van der Waals surface area contributed by atoms with Crippen LogP contribution in [0.3, 0.4) is 0 Å². The summed E-state index contributed by atoms with van der Waals surface area (Å²) < 4.78 is 13.2. The van der Waals surface area contributed by atoms with Crippen LogP contribution in [0.15, 0.2) is 30.5 Å². The van der Waals surface area contributed by atoms with E-state index in [-0.39, 0.29) is 6.10 Å². The van der Waals surface area contributed by atoms with E-state index in [1.165, 1.54) is 0 Å². The molecule has 0 radical (unpaired) electrons. The number of benzene rings is 1. The van der Waals surface area contributed by atoms with E-state index >= 15 is 0 Å². The molecule has 1 aromatic carbocycles. The standard InChI is InChI=1S/C25H29N7O2/c1-31-11-20-6-16(2-3-23(20)30-31)24-9-17(10-26)25(29-28-24)27-21-7-18-12-32(13-19(18)8-21)14-22-15-33-4-5-34-22/h2-3,6,9,11,18-19,21-22H,4-5,7-8,12-15H2,1H3,(H,27,29)/t18-,19+,21?,22-/m0/s1. The summed E-state index contributed by atoms with van der Waals surface area (Å²) in [5, 5.41) is 27.6. The molecule has 34 heavy (non-hydrogen) atoms. The maximum atomic E-state index is 9.79. The number of rotatable bonds is 5. The molecule has 0 spiro atoms. The average Bonchev–Trinajstić information content (AvgIpc) is 3.51. The van der Waals surface area contributed by atoms with Crippen LogP contribution in [0.25, 0.3) is 22.2 Å². The third-order valence-electron chi connectivity index (χ3n) is 7.34. The molecule has 9 heteroatoms. The van der Waals surface area contributed by atoms with Crippen LogP contribution in [-0.2, 0) is 16.5 Å². The summed E-state index contributed by atoms with van der Waals surface area (Å²) in [6.45, 7) is 5.30. The molecule has 4 atom stereocenters. The number of nitrogens with zero attached hydrogens (tertiary/aromatic N) is 6. The number of fused-ring (bicyclic) bond motifs is 2. The fraction of sp³-hybridized carbons (Fsp3) is 0.520. The first-order chi connectivity index (χ1) is 16.6. The van der Waals surface area contributed by atoms with Gasteiger partial charge < -0.3 is 19.7 Å². The second-order valence-corrected chi connectivity index (χ2v) is 9.80. The molecule has 1 aliphatic carbocycles. The summed E-state index contributed by atoms with van der Waals surface area (Å²) in [6, 6.07) is 10.4. The van der Waals surface area contributed by atoms with E-state index in [2.05, 4.69) is 31.6 Å². The minimum atomic E-state index is 0.201. The molecule has 176 valence electrons. The molecule has 9 nitrogen and oxygen atoms in total.